The van der Waals surface area contributed by atoms with E-state index in [4.69, 9.17) is 23.7 Å². The molecule has 0 bridgehead atoms. The van der Waals surface area contributed by atoms with E-state index in [1.54, 1.807) is 18.2 Å². The number of hydrogen-bond donors (Lipinski definition) is 1. The molecular formula is C25H26O7. The maximum atomic E-state index is 11.9. The second kappa shape index (κ2) is 10.5. The Kier molecular flexibility index (Phi) is 7.57. The minimum Gasteiger partial charge on any atom is -0.493 e. The molecule has 3 aromatic rings. The standard InChI is InChI=1S/C25H26O7/c1-28-19-11-10-17(12-20(19)29-2)23(27)22-18(14-26)13-21(30-3)24(25(22)31-4)32-15-16-8-6-5-7-9-16/h5-14,23,27H,15H2,1-4H3. The highest BCUT2D eigenvalue weighted by Gasteiger charge is 2.27. The van der Waals surface area contributed by atoms with Gasteiger partial charge in [0.1, 0.15) is 12.7 Å². The van der Waals surface area contributed by atoms with Gasteiger partial charge in [-0.3, -0.25) is 4.79 Å². The Hall–Kier alpha value is -3.71. The number of aliphatic hydroxyl groups is 1. The molecule has 1 unspecified atom stereocenters. The van der Waals surface area contributed by atoms with E-state index in [-0.39, 0.29) is 23.5 Å². The lowest BCUT2D eigenvalue weighted by atomic mass is 9.95. The van der Waals surface area contributed by atoms with Crippen molar-refractivity contribution in [3.05, 3.63) is 76.9 Å². The Bertz CT molecular complexity index is 1060. The number of hydrogen-bond acceptors (Lipinski definition) is 7. The largest absolute Gasteiger partial charge is 0.493 e. The van der Waals surface area contributed by atoms with E-state index < -0.39 is 6.10 Å². The Morgan fingerprint density at radius 2 is 1.50 bits per heavy atom. The van der Waals surface area contributed by atoms with Crippen LogP contribution in [0.5, 0.6) is 28.7 Å². The van der Waals surface area contributed by atoms with Crippen LogP contribution in [0.2, 0.25) is 0 Å². The molecule has 0 heterocycles. The normalized spacial score (nSPS) is 11.4. The molecule has 0 fully saturated rings. The predicted molar refractivity (Wildman–Crippen MR) is 119 cm³/mol. The van der Waals surface area contributed by atoms with Crippen LogP contribution >= 0.6 is 0 Å². The van der Waals surface area contributed by atoms with Crippen LogP contribution in [0.4, 0.5) is 0 Å². The molecule has 0 amide bonds. The average Bonchev–Trinajstić information content (AvgIpc) is 2.85. The molecule has 0 spiro atoms. The molecule has 0 saturated heterocycles. The fraction of sp³-hybridized carbons (Fsp3) is 0.240. The summed E-state index contributed by atoms with van der Waals surface area (Å²) in [6, 6.07) is 16.1. The van der Waals surface area contributed by atoms with Gasteiger partial charge in [0, 0.05) is 11.1 Å². The Balaban J connectivity index is 2.10. The zero-order valence-corrected chi connectivity index (χ0v) is 18.5. The van der Waals surface area contributed by atoms with Crippen LogP contribution in [-0.2, 0) is 6.61 Å². The number of methoxy groups -OCH3 is 4. The van der Waals surface area contributed by atoms with Gasteiger partial charge in [0.25, 0.3) is 0 Å². The maximum Gasteiger partial charge on any atom is 0.204 e. The van der Waals surface area contributed by atoms with Crippen molar-refractivity contribution in [3.8, 4) is 28.7 Å². The van der Waals surface area contributed by atoms with E-state index >= 15 is 0 Å². The van der Waals surface area contributed by atoms with Gasteiger partial charge in [0.2, 0.25) is 5.75 Å². The van der Waals surface area contributed by atoms with E-state index in [2.05, 4.69) is 0 Å². The van der Waals surface area contributed by atoms with E-state index in [0.29, 0.717) is 34.8 Å². The average molecular weight is 438 g/mol. The number of rotatable bonds is 10. The van der Waals surface area contributed by atoms with Crippen LogP contribution in [0.15, 0.2) is 54.6 Å². The molecule has 1 atom stereocenters. The summed E-state index contributed by atoms with van der Waals surface area (Å²) < 4.78 is 27.7. The molecule has 7 nitrogen and oxygen atoms in total. The number of benzene rings is 3. The van der Waals surface area contributed by atoms with Crippen LogP contribution in [0.3, 0.4) is 0 Å². The molecule has 3 rings (SSSR count). The zero-order chi connectivity index (χ0) is 23.1. The first-order valence-electron chi connectivity index (χ1n) is 9.88. The number of aldehydes is 1. The van der Waals surface area contributed by atoms with Crippen LogP contribution in [-0.4, -0.2) is 39.8 Å². The molecular weight excluding hydrogens is 412 g/mol. The zero-order valence-electron chi connectivity index (χ0n) is 18.5. The highest BCUT2D eigenvalue weighted by atomic mass is 16.5. The molecule has 0 aliphatic rings. The lowest BCUT2D eigenvalue weighted by Crippen LogP contribution is -2.10. The van der Waals surface area contributed by atoms with E-state index in [0.717, 1.165) is 5.56 Å². The molecule has 0 aliphatic heterocycles. The van der Waals surface area contributed by atoms with Gasteiger partial charge < -0.3 is 28.8 Å². The van der Waals surface area contributed by atoms with Crippen molar-refractivity contribution in [2.45, 2.75) is 12.7 Å². The second-order valence-electron chi connectivity index (χ2n) is 6.85. The third-order valence-corrected chi connectivity index (χ3v) is 5.05. The first kappa shape index (κ1) is 23.0. The SMILES string of the molecule is COc1ccc(C(O)c2c(C=O)cc(OC)c(OCc3ccccc3)c2OC)cc1OC. The van der Waals surface area contributed by atoms with Crippen LogP contribution in [0, 0.1) is 0 Å². The minimum absolute atomic E-state index is 0.213. The van der Waals surface area contributed by atoms with Crippen molar-refractivity contribution < 1.29 is 33.6 Å². The molecule has 0 saturated carbocycles. The van der Waals surface area contributed by atoms with Gasteiger partial charge in [-0.05, 0) is 29.3 Å². The van der Waals surface area contributed by atoms with Crippen molar-refractivity contribution in [3.63, 3.8) is 0 Å². The van der Waals surface area contributed by atoms with Gasteiger partial charge in [-0.25, -0.2) is 0 Å². The quantitative estimate of drug-likeness (QED) is 0.475. The number of carbonyl (C=O) groups is 1. The summed E-state index contributed by atoms with van der Waals surface area (Å²) in [6.45, 7) is 0.250. The molecule has 3 aromatic carbocycles. The Morgan fingerprint density at radius 1 is 0.812 bits per heavy atom. The summed E-state index contributed by atoms with van der Waals surface area (Å²) in [4.78, 5) is 11.9. The lowest BCUT2D eigenvalue weighted by Gasteiger charge is -2.22. The van der Waals surface area contributed by atoms with E-state index in [1.807, 2.05) is 30.3 Å². The fourth-order valence-corrected chi connectivity index (χ4v) is 3.44. The summed E-state index contributed by atoms with van der Waals surface area (Å²) >= 11 is 0. The van der Waals surface area contributed by atoms with E-state index in [1.165, 1.54) is 34.5 Å². The van der Waals surface area contributed by atoms with Crippen molar-refractivity contribution in [1.82, 2.24) is 0 Å². The Morgan fingerprint density at radius 3 is 2.09 bits per heavy atom. The van der Waals surface area contributed by atoms with Crippen LogP contribution in [0.1, 0.15) is 33.2 Å². The van der Waals surface area contributed by atoms with Gasteiger partial charge >= 0.3 is 0 Å². The summed E-state index contributed by atoms with van der Waals surface area (Å²) in [5.41, 5.74) is 1.91. The van der Waals surface area contributed by atoms with Crippen molar-refractivity contribution in [1.29, 1.82) is 0 Å². The molecule has 0 aliphatic carbocycles. The topological polar surface area (TPSA) is 83.5 Å². The van der Waals surface area contributed by atoms with E-state index in [9.17, 15) is 9.90 Å². The summed E-state index contributed by atoms with van der Waals surface area (Å²) in [6.07, 6.45) is -0.555. The third-order valence-electron chi connectivity index (χ3n) is 5.05. The second-order valence-corrected chi connectivity index (χ2v) is 6.85. The highest BCUT2D eigenvalue weighted by Crippen LogP contribution is 2.46. The lowest BCUT2D eigenvalue weighted by molar-refractivity contribution is 0.111. The third kappa shape index (κ3) is 4.63. The molecule has 168 valence electrons. The van der Waals surface area contributed by atoms with Gasteiger partial charge in [-0.15, -0.1) is 0 Å². The molecule has 0 radical (unpaired) electrons. The molecule has 7 heteroatoms. The monoisotopic (exact) mass is 438 g/mol. The highest BCUT2D eigenvalue weighted by molar-refractivity contribution is 5.82. The number of aliphatic hydroxyl groups excluding tert-OH is 1. The van der Waals surface area contributed by atoms with Crippen molar-refractivity contribution in [2.24, 2.45) is 0 Å². The molecule has 1 N–H and O–H groups in total. The minimum atomic E-state index is -1.20. The van der Waals surface area contributed by atoms with Crippen molar-refractivity contribution >= 4 is 6.29 Å². The summed E-state index contributed by atoms with van der Waals surface area (Å²) in [7, 11) is 5.96. The Labute approximate surface area is 187 Å². The van der Waals surface area contributed by atoms with Gasteiger partial charge in [-0.2, -0.15) is 0 Å². The smallest absolute Gasteiger partial charge is 0.204 e. The summed E-state index contributed by atoms with van der Waals surface area (Å²) in [5, 5.41) is 11.2. The van der Waals surface area contributed by atoms with Crippen molar-refractivity contribution in [2.75, 3.05) is 28.4 Å². The van der Waals surface area contributed by atoms with Crippen LogP contribution in [0.25, 0.3) is 0 Å². The maximum absolute atomic E-state index is 11.9. The summed E-state index contributed by atoms with van der Waals surface area (Å²) in [5.74, 6) is 1.80. The van der Waals surface area contributed by atoms with Gasteiger partial charge in [0.15, 0.2) is 29.3 Å². The first-order valence-corrected chi connectivity index (χ1v) is 9.88. The van der Waals surface area contributed by atoms with Crippen LogP contribution < -0.4 is 23.7 Å². The molecule has 0 aromatic heterocycles. The number of carbonyl (C=O) groups excluding carboxylic acids is 1. The van der Waals surface area contributed by atoms with Gasteiger partial charge in [0.05, 0.1) is 28.4 Å². The fourth-order valence-electron chi connectivity index (χ4n) is 3.44. The molecule has 32 heavy (non-hydrogen) atoms. The number of ether oxygens (including phenoxy) is 5. The van der Waals surface area contributed by atoms with Gasteiger partial charge in [-0.1, -0.05) is 36.4 Å². The predicted octanol–water partition coefficient (Wildman–Crippen LogP) is 4.19. The first-order chi connectivity index (χ1) is 15.6.